The van der Waals surface area contributed by atoms with Crippen LogP contribution in [0.5, 0.6) is 5.88 Å². The van der Waals surface area contributed by atoms with E-state index in [0.29, 0.717) is 52.2 Å². The minimum absolute atomic E-state index is 0.103. The lowest BCUT2D eigenvalue weighted by atomic mass is 10.00. The Balaban J connectivity index is 1.63. The second-order valence-corrected chi connectivity index (χ2v) is 12.5. The fourth-order valence-electron chi connectivity index (χ4n) is 4.53. The van der Waals surface area contributed by atoms with Crippen LogP contribution in [0, 0.1) is 0 Å². The van der Waals surface area contributed by atoms with Gasteiger partial charge >= 0.3 is 5.97 Å². The van der Waals surface area contributed by atoms with Gasteiger partial charge in [-0.2, -0.15) is 0 Å². The third-order valence-electron chi connectivity index (χ3n) is 6.57. The quantitative estimate of drug-likeness (QED) is 0.187. The van der Waals surface area contributed by atoms with E-state index in [1.807, 2.05) is 37.2 Å². The smallest absolute Gasteiger partial charge is 0.337 e. The van der Waals surface area contributed by atoms with Gasteiger partial charge in [0.05, 0.1) is 57.3 Å². The van der Waals surface area contributed by atoms with E-state index in [1.165, 1.54) is 29.0 Å². The Bertz CT molecular complexity index is 1880. The summed E-state index contributed by atoms with van der Waals surface area (Å²) < 4.78 is 32.2. The predicted molar refractivity (Wildman–Crippen MR) is 163 cm³/mol. The van der Waals surface area contributed by atoms with Crippen LogP contribution in [0.3, 0.4) is 0 Å². The van der Waals surface area contributed by atoms with E-state index < -0.39 is 16.0 Å². The Morgan fingerprint density at radius 3 is 2.46 bits per heavy atom. The molecule has 2 aromatic heterocycles. The van der Waals surface area contributed by atoms with Gasteiger partial charge in [-0.3, -0.25) is 4.31 Å². The molecule has 10 nitrogen and oxygen atoms in total. The number of fused-ring (bicyclic) bond motifs is 2. The summed E-state index contributed by atoms with van der Waals surface area (Å²) in [6.45, 7) is 0.875. The summed E-state index contributed by atoms with van der Waals surface area (Å²) in [5, 5.41) is 11.7. The van der Waals surface area contributed by atoms with Crippen molar-refractivity contribution in [2.75, 3.05) is 44.9 Å². The van der Waals surface area contributed by atoms with Gasteiger partial charge in [0.1, 0.15) is 0 Å². The largest absolute Gasteiger partial charge is 0.494 e. The number of aromatic amines is 1. The number of thiazole rings is 1. The number of ether oxygens (including phenoxy) is 1. The van der Waals surface area contributed by atoms with Crippen LogP contribution >= 0.6 is 11.3 Å². The normalized spacial score (nSPS) is 12.4. The maximum atomic E-state index is 12.5. The second kappa shape index (κ2) is 11.3. The molecule has 0 spiro atoms. The number of likely N-dealkylation sites (N-methyl/N-ethyl adjacent to an activating group) is 1. The number of aromatic hydroxyl groups is 1. The number of methoxy groups -OCH3 is 1. The number of aromatic nitrogens is 2. The summed E-state index contributed by atoms with van der Waals surface area (Å²) >= 11 is 1.50. The number of H-pyrrole nitrogens is 1. The molecule has 5 rings (SSSR count). The molecule has 2 N–H and O–H groups in total. The van der Waals surface area contributed by atoms with E-state index >= 15 is 0 Å². The van der Waals surface area contributed by atoms with E-state index in [4.69, 9.17) is 9.73 Å². The number of carbonyl (C=O) groups is 1. The van der Waals surface area contributed by atoms with Crippen molar-refractivity contribution in [2.45, 2.75) is 0 Å². The van der Waals surface area contributed by atoms with Crippen molar-refractivity contribution < 1.29 is 23.1 Å². The zero-order valence-electron chi connectivity index (χ0n) is 23.0. The number of nitrogens with one attached hydrogen (secondary N) is 1. The van der Waals surface area contributed by atoms with E-state index in [1.54, 1.807) is 48.0 Å². The molecular formula is C29H29N5O5S2. The Kier molecular flexibility index (Phi) is 7.80. The molecular weight excluding hydrogens is 562 g/mol. The Morgan fingerprint density at radius 1 is 1.05 bits per heavy atom. The van der Waals surface area contributed by atoms with Crippen LogP contribution in [0.25, 0.3) is 21.1 Å². The highest BCUT2D eigenvalue weighted by Crippen LogP contribution is 2.34. The first kappa shape index (κ1) is 28.3. The Hall–Kier alpha value is -4.26. The molecule has 0 aliphatic rings. The number of aliphatic imine (C=N–C) groups is 1. The number of nitrogens with zero attached hydrogens (tertiary/aromatic N) is 4. The molecule has 0 fully saturated rings. The van der Waals surface area contributed by atoms with Crippen molar-refractivity contribution in [3.05, 3.63) is 82.9 Å². The van der Waals surface area contributed by atoms with E-state index in [9.17, 15) is 18.3 Å². The maximum absolute atomic E-state index is 12.5. The van der Waals surface area contributed by atoms with Gasteiger partial charge in [-0.15, -0.1) is 11.3 Å². The lowest BCUT2D eigenvalue weighted by molar-refractivity contribution is 0.0601. The number of esters is 1. The first-order valence-corrected chi connectivity index (χ1v) is 15.4. The zero-order valence-corrected chi connectivity index (χ0v) is 24.6. The van der Waals surface area contributed by atoms with Crippen LogP contribution in [0.1, 0.15) is 21.5 Å². The van der Waals surface area contributed by atoms with Crippen LogP contribution < -0.4 is 4.31 Å². The number of rotatable bonds is 9. The Labute approximate surface area is 241 Å². The standard InChI is InChI=1S/C29H29N5O5S2/c1-33(2)13-14-34(41(4,37)38)21-9-7-20(8-10-21)31-27(18-6-12-23-25(16-18)40-17-30-23)26-22-11-5-19(29(36)39-3)15-24(22)32-28(26)35/h5-12,15-17,32,35H,13-14H2,1-4H3. The van der Waals surface area contributed by atoms with E-state index in [-0.39, 0.29) is 5.88 Å². The highest BCUT2D eigenvalue weighted by Gasteiger charge is 2.21. The van der Waals surface area contributed by atoms with Gasteiger partial charge in [0.15, 0.2) is 5.88 Å². The second-order valence-electron chi connectivity index (χ2n) is 9.75. The molecule has 12 heteroatoms. The molecule has 0 saturated carbocycles. The highest BCUT2D eigenvalue weighted by molar-refractivity contribution is 7.92. The third-order valence-corrected chi connectivity index (χ3v) is 8.56. The molecule has 3 aromatic carbocycles. The van der Waals surface area contributed by atoms with Gasteiger partial charge < -0.3 is 19.7 Å². The van der Waals surface area contributed by atoms with Crippen LogP contribution in [-0.4, -0.2) is 80.6 Å². The molecule has 0 bridgehead atoms. The van der Waals surface area contributed by atoms with Gasteiger partial charge in [-0.25, -0.2) is 23.2 Å². The first-order chi connectivity index (χ1) is 19.5. The number of hydrogen-bond donors (Lipinski definition) is 2. The maximum Gasteiger partial charge on any atom is 0.337 e. The van der Waals surface area contributed by atoms with Gasteiger partial charge in [0.2, 0.25) is 10.0 Å². The summed E-state index contributed by atoms with van der Waals surface area (Å²) in [6, 6.07) is 17.7. The van der Waals surface area contributed by atoms with E-state index in [2.05, 4.69) is 9.97 Å². The van der Waals surface area contributed by atoms with Crippen molar-refractivity contribution in [1.29, 1.82) is 0 Å². The molecule has 2 heterocycles. The lowest BCUT2D eigenvalue weighted by Gasteiger charge is -2.24. The van der Waals surface area contributed by atoms with Gasteiger partial charge in [-0.1, -0.05) is 12.1 Å². The summed E-state index contributed by atoms with van der Waals surface area (Å²) in [6.07, 6.45) is 1.19. The highest BCUT2D eigenvalue weighted by atomic mass is 32.2. The SMILES string of the molecule is COC(=O)c1ccc2c(C(=Nc3ccc(N(CCN(C)C)S(C)(=O)=O)cc3)c3ccc4ncsc4c3)c(O)[nH]c2c1. The molecule has 0 amide bonds. The number of anilines is 1. The topological polar surface area (TPSA) is 128 Å². The average Bonchev–Trinajstić information content (AvgIpc) is 3.53. The van der Waals surface area contributed by atoms with Gasteiger partial charge in [0, 0.05) is 29.6 Å². The summed E-state index contributed by atoms with van der Waals surface area (Å²) in [7, 11) is 1.60. The number of benzene rings is 3. The molecule has 0 aliphatic heterocycles. The molecule has 0 aliphatic carbocycles. The van der Waals surface area contributed by atoms with Crippen molar-refractivity contribution in [3.63, 3.8) is 0 Å². The van der Waals surface area contributed by atoms with Crippen LogP contribution in [0.15, 0.2) is 71.2 Å². The van der Waals surface area contributed by atoms with Crippen LogP contribution in [-0.2, 0) is 14.8 Å². The monoisotopic (exact) mass is 591 g/mol. The number of sulfonamides is 1. The molecule has 212 valence electrons. The summed E-state index contributed by atoms with van der Waals surface area (Å²) in [4.78, 5) is 26.3. The molecule has 0 unspecified atom stereocenters. The van der Waals surface area contributed by atoms with E-state index in [0.717, 1.165) is 15.8 Å². The van der Waals surface area contributed by atoms with Crippen molar-refractivity contribution >= 4 is 65.5 Å². The van der Waals surface area contributed by atoms with Gasteiger partial charge in [0.25, 0.3) is 0 Å². The molecule has 0 atom stereocenters. The lowest BCUT2D eigenvalue weighted by Crippen LogP contribution is -2.35. The third kappa shape index (κ3) is 5.94. The van der Waals surface area contributed by atoms with Crippen molar-refractivity contribution in [1.82, 2.24) is 14.9 Å². The molecule has 0 radical (unpaired) electrons. The molecule has 0 saturated heterocycles. The number of hydrogen-bond acceptors (Lipinski definition) is 9. The molecule has 41 heavy (non-hydrogen) atoms. The molecule has 5 aromatic rings. The van der Waals surface area contributed by atoms with Crippen LogP contribution in [0.2, 0.25) is 0 Å². The Morgan fingerprint density at radius 2 is 1.78 bits per heavy atom. The number of carbonyl (C=O) groups excluding carboxylic acids is 1. The zero-order chi connectivity index (χ0) is 29.3. The average molecular weight is 592 g/mol. The van der Waals surface area contributed by atoms with Gasteiger partial charge in [-0.05, 0) is 62.6 Å². The fourth-order valence-corrected chi connectivity index (χ4v) is 6.17. The minimum Gasteiger partial charge on any atom is -0.494 e. The fraction of sp³-hybridized carbons (Fsp3) is 0.207. The summed E-state index contributed by atoms with van der Waals surface area (Å²) in [5.74, 6) is -0.588. The first-order valence-electron chi connectivity index (χ1n) is 12.6. The van der Waals surface area contributed by atoms with Crippen LogP contribution in [0.4, 0.5) is 11.4 Å². The van der Waals surface area contributed by atoms with Crippen molar-refractivity contribution in [2.24, 2.45) is 4.99 Å². The minimum atomic E-state index is -3.49. The van der Waals surface area contributed by atoms with Crippen molar-refractivity contribution in [3.8, 4) is 5.88 Å². The predicted octanol–water partition coefficient (Wildman–Crippen LogP) is 4.77. The summed E-state index contributed by atoms with van der Waals surface area (Å²) in [5.41, 5.74) is 6.33.